The topological polar surface area (TPSA) is 82.8 Å². The van der Waals surface area contributed by atoms with Crippen LogP contribution >= 0.6 is 12.4 Å². The standard InChI is InChI=1S/C19H24N2O4.ClH/c1-23-16-10-9-14(17(24-2)18(16)25-3)12-21-19(22)15(20)11-13-7-5-4-6-8-13;/h4-10,15H,11-12,20H2,1-3H3,(H,21,22);1H/t15-;/m0./s1. The molecule has 0 spiro atoms. The van der Waals surface area contributed by atoms with Gasteiger partial charge >= 0.3 is 0 Å². The number of ether oxygens (including phenoxy) is 3. The molecule has 6 nitrogen and oxygen atoms in total. The third-order valence-electron chi connectivity index (χ3n) is 3.87. The maximum absolute atomic E-state index is 12.3. The predicted octanol–water partition coefficient (Wildman–Crippen LogP) is 2.32. The van der Waals surface area contributed by atoms with Crippen molar-refractivity contribution in [2.75, 3.05) is 21.3 Å². The summed E-state index contributed by atoms with van der Waals surface area (Å²) in [5.74, 6) is 1.36. The lowest BCUT2D eigenvalue weighted by molar-refractivity contribution is -0.122. The summed E-state index contributed by atoms with van der Waals surface area (Å²) in [6.45, 7) is 0.283. The second kappa shape index (κ2) is 10.5. The Hall–Kier alpha value is -2.44. The van der Waals surface area contributed by atoms with Gasteiger partial charge in [-0.1, -0.05) is 30.3 Å². The summed E-state index contributed by atoms with van der Waals surface area (Å²) in [4.78, 5) is 12.3. The number of benzene rings is 2. The Morgan fingerprint density at radius 2 is 1.65 bits per heavy atom. The molecule has 7 heteroatoms. The van der Waals surface area contributed by atoms with E-state index in [4.69, 9.17) is 19.9 Å². The first-order chi connectivity index (χ1) is 12.1. The van der Waals surface area contributed by atoms with Crippen LogP contribution in [0.2, 0.25) is 0 Å². The van der Waals surface area contributed by atoms with Crippen molar-refractivity contribution in [3.05, 3.63) is 53.6 Å². The minimum Gasteiger partial charge on any atom is -0.493 e. The normalized spacial score (nSPS) is 11.1. The van der Waals surface area contributed by atoms with Crippen molar-refractivity contribution in [3.8, 4) is 17.2 Å². The Morgan fingerprint density at radius 1 is 1.00 bits per heavy atom. The first-order valence-electron chi connectivity index (χ1n) is 7.95. The zero-order valence-corrected chi connectivity index (χ0v) is 16.0. The van der Waals surface area contributed by atoms with Gasteiger partial charge in [-0.05, 0) is 24.1 Å². The maximum atomic E-state index is 12.3. The third kappa shape index (κ3) is 5.28. The zero-order valence-electron chi connectivity index (χ0n) is 15.2. The van der Waals surface area contributed by atoms with Crippen molar-refractivity contribution < 1.29 is 19.0 Å². The molecule has 2 rings (SSSR count). The highest BCUT2D eigenvalue weighted by atomic mass is 35.5. The average molecular weight is 381 g/mol. The highest BCUT2D eigenvalue weighted by molar-refractivity contribution is 5.85. The molecule has 0 aliphatic heterocycles. The van der Waals surface area contributed by atoms with Crippen LogP contribution in [-0.2, 0) is 17.8 Å². The third-order valence-corrected chi connectivity index (χ3v) is 3.87. The van der Waals surface area contributed by atoms with Crippen LogP contribution in [0.15, 0.2) is 42.5 Å². The van der Waals surface area contributed by atoms with Gasteiger partial charge in [-0.15, -0.1) is 12.4 Å². The van der Waals surface area contributed by atoms with Gasteiger partial charge in [-0.25, -0.2) is 0 Å². The number of carbonyl (C=O) groups is 1. The number of nitrogens with one attached hydrogen (secondary N) is 1. The molecule has 2 aromatic carbocycles. The summed E-state index contributed by atoms with van der Waals surface area (Å²) in [5.41, 5.74) is 7.80. The lowest BCUT2D eigenvalue weighted by atomic mass is 10.1. The van der Waals surface area contributed by atoms with Gasteiger partial charge in [0, 0.05) is 12.1 Å². The van der Waals surface area contributed by atoms with E-state index in [0.717, 1.165) is 11.1 Å². The number of rotatable bonds is 8. The predicted molar refractivity (Wildman–Crippen MR) is 103 cm³/mol. The first-order valence-corrected chi connectivity index (χ1v) is 7.95. The van der Waals surface area contributed by atoms with E-state index in [1.165, 1.54) is 0 Å². The summed E-state index contributed by atoms with van der Waals surface area (Å²) in [6, 6.07) is 12.7. The molecule has 1 amide bonds. The lowest BCUT2D eigenvalue weighted by Crippen LogP contribution is -2.41. The monoisotopic (exact) mass is 380 g/mol. The molecule has 0 radical (unpaired) electrons. The molecule has 0 aromatic heterocycles. The number of methoxy groups -OCH3 is 3. The van der Waals surface area contributed by atoms with Crippen LogP contribution in [0.1, 0.15) is 11.1 Å². The van der Waals surface area contributed by atoms with E-state index in [1.54, 1.807) is 27.4 Å². The van der Waals surface area contributed by atoms with Gasteiger partial charge in [0.1, 0.15) is 0 Å². The second-order valence-corrected chi connectivity index (χ2v) is 5.51. The first kappa shape index (κ1) is 21.6. The molecular weight excluding hydrogens is 356 g/mol. The van der Waals surface area contributed by atoms with Crippen LogP contribution in [0.3, 0.4) is 0 Å². The smallest absolute Gasteiger partial charge is 0.237 e. The van der Waals surface area contributed by atoms with E-state index >= 15 is 0 Å². The largest absolute Gasteiger partial charge is 0.493 e. The van der Waals surface area contributed by atoms with Crippen molar-refractivity contribution in [1.82, 2.24) is 5.32 Å². The van der Waals surface area contributed by atoms with E-state index < -0.39 is 6.04 Å². The van der Waals surface area contributed by atoms with Crippen molar-refractivity contribution in [2.45, 2.75) is 19.0 Å². The molecular formula is C19H25ClN2O4. The quantitative estimate of drug-likeness (QED) is 0.734. The molecule has 26 heavy (non-hydrogen) atoms. The summed E-state index contributed by atoms with van der Waals surface area (Å²) in [5, 5.41) is 2.84. The molecule has 0 saturated heterocycles. The molecule has 2 aromatic rings. The fourth-order valence-electron chi connectivity index (χ4n) is 2.58. The van der Waals surface area contributed by atoms with E-state index in [1.807, 2.05) is 36.4 Å². The Balaban J connectivity index is 0.00000338. The Labute approximate surface area is 160 Å². The summed E-state index contributed by atoms with van der Waals surface area (Å²) >= 11 is 0. The summed E-state index contributed by atoms with van der Waals surface area (Å²) < 4.78 is 16.0. The number of halogens is 1. The maximum Gasteiger partial charge on any atom is 0.237 e. The van der Waals surface area contributed by atoms with Crippen LogP contribution in [0.5, 0.6) is 17.2 Å². The highest BCUT2D eigenvalue weighted by Crippen LogP contribution is 2.39. The van der Waals surface area contributed by atoms with Gasteiger partial charge < -0.3 is 25.3 Å². The molecule has 0 unspecified atom stereocenters. The lowest BCUT2D eigenvalue weighted by Gasteiger charge is -2.17. The van der Waals surface area contributed by atoms with Gasteiger partial charge in [0.2, 0.25) is 11.7 Å². The summed E-state index contributed by atoms with van der Waals surface area (Å²) in [6.07, 6.45) is 0.482. The zero-order chi connectivity index (χ0) is 18.2. The molecule has 1 atom stereocenters. The van der Waals surface area contributed by atoms with E-state index in [-0.39, 0.29) is 24.9 Å². The van der Waals surface area contributed by atoms with Gasteiger partial charge in [0.05, 0.1) is 27.4 Å². The summed E-state index contributed by atoms with van der Waals surface area (Å²) in [7, 11) is 4.64. The van der Waals surface area contributed by atoms with Crippen molar-refractivity contribution in [3.63, 3.8) is 0 Å². The van der Waals surface area contributed by atoms with E-state index in [2.05, 4.69) is 5.32 Å². The molecule has 0 saturated carbocycles. The number of amides is 1. The average Bonchev–Trinajstić information content (AvgIpc) is 2.65. The molecule has 0 aliphatic carbocycles. The number of nitrogens with two attached hydrogens (primary N) is 1. The Bertz CT molecular complexity index is 710. The molecule has 0 aliphatic rings. The van der Waals surface area contributed by atoms with Crippen molar-refractivity contribution in [1.29, 1.82) is 0 Å². The Kier molecular flexibility index (Phi) is 8.75. The van der Waals surface area contributed by atoms with Gasteiger partial charge in [-0.3, -0.25) is 4.79 Å². The number of carbonyl (C=O) groups excluding carboxylic acids is 1. The number of hydrogen-bond donors (Lipinski definition) is 2. The van der Waals surface area contributed by atoms with Gasteiger partial charge in [0.15, 0.2) is 11.5 Å². The van der Waals surface area contributed by atoms with Crippen LogP contribution in [0, 0.1) is 0 Å². The molecule has 0 bridgehead atoms. The molecule has 3 N–H and O–H groups in total. The molecule has 0 fully saturated rings. The van der Waals surface area contributed by atoms with Crippen molar-refractivity contribution in [2.24, 2.45) is 5.73 Å². The second-order valence-electron chi connectivity index (χ2n) is 5.51. The van der Waals surface area contributed by atoms with E-state index in [0.29, 0.717) is 23.7 Å². The van der Waals surface area contributed by atoms with Crippen LogP contribution < -0.4 is 25.3 Å². The van der Waals surface area contributed by atoms with Crippen LogP contribution in [0.25, 0.3) is 0 Å². The fraction of sp³-hybridized carbons (Fsp3) is 0.316. The van der Waals surface area contributed by atoms with Crippen LogP contribution in [-0.4, -0.2) is 33.3 Å². The minimum atomic E-state index is -0.617. The highest BCUT2D eigenvalue weighted by Gasteiger charge is 2.18. The van der Waals surface area contributed by atoms with E-state index in [9.17, 15) is 4.79 Å². The van der Waals surface area contributed by atoms with Gasteiger partial charge in [-0.2, -0.15) is 0 Å². The Morgan fingerprint density at radius 3 is 2.23 bits per heavy atom. The molecule has 142 valence electrons. The SMILES string of the molecule is COc1ccc(CNC(=O)[C@@H](N)Cc2ccccc2)c(OC)c1OC.Cl. The van der Waals surface area contributed by atoms with Gasteiger partial charge in [0.25, 0.3) is 0 Å². The minimum absolute atomic E-state index is 0. The molecule has 0 heterocycles. The van der Waals surface area contributed by atoms with Crippen molar-refractivity contribution >= 4 is 18.3 Å². The van der Waals surface area contributed by atoms with Crippen LogP contribution in [0.4, 0.5) is 0 Å². The number of hydrogen-bond acceptors (Lipinski definition) is 5. The fourth-order valence-corrected chi connectivity index (χ4v) is 2.58.